The number of benzene rings is 1. The molecule has 0 atom stereocenters. The van der Waals surface area contributed by atoms with Gasteiger partial charge in [0, 0.05) is 0 Å². The number of hydrogen-bond acceptors (Lipinski definition) is 6. The van der Waals surface area contributed by atoms with E-state index in [9.17, 15) is 13.2 Å². The number of aromatic nitrogens is 5. The van der Waals surface area contributed by atoms with E-state index in [1.165, 1.54) is 20.3 Å². The Labute approximate surface area is 134 Å². The molecule has 0 amide bonds. The molecule has 24 heavy (non-hydrogen) atoms. The third-order valence-electron chi connectivity index (χ3n) is 3.21. The average Bonchev–Trinajstić information content (AvgIpc) is 2.93. The van der Waals surface area contributed by atoms with E-state index < -0.39 is 12.0 Å². The molecule has 0 bridgehead atoms. The van der Waals surface area contributed by atoms with Crippen LogP contribution < -0.4 is 9.47 Å². The van der Waals surface area contributed by atoms with E-state index in [4.69, 9.17) is 9.47 Å². The average molecular weight is 339 g/mol. The van der Waals surface area contributed by atoms with Crippen molar-refractivity contribution < 1.29 is 22.6 Å². The first-order valence-corrected chi connectivity index (χ1v) is 6.74. The molecule has 2 aromatic heterocycles. The number of ether oxygens (including phenoxy) is 2. The molecule has 1 aromatic carbocycles. The molecule has 0 unspecified atom stereocenters. The highest BCUT2D eigenvalue weighted by molar-refractivity contribution is 5.78. The van der Waals surface area contributed by atoms with E-state index in [2.05, 4.69) is 19.9 Å². The van der Waals surface area contributed by atoms with E-state index in [-0.39, 0.29) is 29.0 Å². The van der Waals surface area contributed by atoms with Gasteiger partial charge in [0.15, 0.2) is 0 Å². The number of alkyl halides is 3. The Morgan fingerprint density at radius 2 is 1.58 bits per heavy atom. The maximum absolute atomic E-state index is 13.4. The predicted octanol–water partition coefficient (Wildman–Crippen LogP) is 2.55. The van der Waals surface area contributed by atoms with Crippen LogP contribution in [0.1, 0.15) is 11.4 Å². The zero-order valence-corrected chi connectivity index (χ0v) is 12.9. The highest BCUT2D eigenvalue weighted by Crippen LogP contribution is 2.33. The second-order valence-electron chi connectivity index (χ2n) is 4.87. The first-order valence-electron chi connectivity index (χ1n) is 6.74. The van der Waals surface area contributed by atoms with Crippen molar-refractivity contribution in [3.63, 3.8) is 0 Å². The van der Waals surface area contributed by atoms with E-state index >= 15 is 0 Å². The van der Waals surface area contributed by atoms with Gasteiger partial charge in [0.2, 0.25) is 11.8 Å². The fourth-order valence-electron chi connectivity index (χ4n) is 2.19. The maximum Gasteiger partial charge on any atom is 0.450 e. The normalized spacial score (nSPS) is 11.8. The lowest BCUT2D eigenvalue weighted by Gasteiger charge is -2.11. The standard InChI is InChI=1S/C14H12F3N5O2/c1-7-4-5-9-8(6-7)18-10(14(15,16)17)22(9)11-19-12(23-2)21-13(20-11)24-3/h4-6H,1-3H3. The van der Waals surface area contributed by atoms with E-state index in [0.29, 0.717) is 0 Å². The summed E-state index contributed by atoms with van der Waals surface area (Å²) in [6, 6.07) is 4.42. The van der Waals surface area contributed by atoms with Gasteiger partial charge in [0.1, 0.15) is 0 Å². The van der Waals surface area contributed by atoms with Crippen LogP contribution in [0.25, 0.3) is 17.0 Å². The van der Waals surface area contributed by atoms with Crippen LogP contribution in [0.15, 0.2) is 18.2 Å². The molecule has 7 nitrogen and oxygen atoms in total. The van der Waals surface area contributed by atoms with Gasteiger partial charge in [-0.2, -0.15) is 23.1 Å². The monoisotopic (exact) mass is 339 g/mol. The summed E-state index contributed by atoms with van der Waals surface area (Å²) in [6.07, 6.45) is -4.69. The summed E-state index contributed by atoms with van der Waals surface area (Å²) in [6.45, 7) is 1.76. The number of halogens is 3. The Bertz CT molecular complexity index is 885. The second kappa shape index (κ2) is 5.62. The largest absolute Gasteiger partial charge is 0.467 e. The minimum Gasteiger partial charge on any atom is -0.467 e. The lowest BCUT2D eigenvalue weighted by atomic mass is 10.2. The van der Waals surface area contributed by atoms with Crippen molar-refractivity contribution in [3.8, 4) is 18.0 Å². The zero-order valence-electron chi connectivity index (χ0n) is 12.9. The van der Waals surface area contributed by atoms with Crippen molar-refractivity contribution in [2.45, 2.75) is 13.1 Å². The molecule has 0 radical (unpaired) electrons. The van der Waals surface area contributed by atoms with Gasteiger partial charge in [0.05, 0.1) is 25.3 Å². The number of hydrogen-bond donors (Lipinski definition) is 0. The highest BCUT2D eigenvalue weighted by Gasteiger charge is 2.39. The van der Waals surface area contributed by atoms with Crippen LogP contribution in [0.5, 0.6) is 12.0 Å². The number of imidazole rings is 1. The molecule has 2 heterocycles. The first-order chi connectivity index (χ1) is 11.3. The summed E-state index contributed by atoms with van der Waals surface area (Å²) in [5.74, 6) is -1.43. The van der Waals surface area contributed by atoms with Gasteiger partial charge >= 0.3 is 18.2 Å². The van der Waals surface area contributed by atoms with E-state index in [1.807, 2.05) is 0 Å². The number of aryl methyl sites for hydroxylation is 1. The topological polar surface area (TPSA) is 75.0 Å². The molecule has 0 N–H and O–H groups in total. The zero-order chi connectivity index (χ0) is 17.5. The van der Waals surface area contributed by atoms with Gasteiger partial charge in [-0.25, -0.2) is 4.98 Å². The molecule has 0 spiro atoms. The van der Waals surface area contributed by atoms with Crippen molar-refractivity contribution in [1.82, 2.24) is 24.5 Å². The highest BCUT2D eigenvalue weighted by atomic mass is 19.4. The Balaban J connectivity index is 2.36. The third-order valence-corrected chi connectivity index (χ3v) is 3.21. The van der Waals surface area contributed by atoms with Crippen LogP contribution in [-0.2, 0) is 6.18 Å². The minimum atomic E-state index is -4.69. The molecule has 126 valence electrons. The summed E-state index contributed by atoms with van der Waals surface area (Å²) >= 11 is 0. The van der Waals surface area contributed by atoms with Crippen LogP contribution in [0.3, 0.4) is 0 Å². The fraction of sp³-hybridized carbons (Fsp3) is 0.286. The molecule has 0 saturated carbocycles. The van der Waals surface area contributed by atoms with Crippen molar-refractivity contribution in [2.24, 2.45) is 0 Å². The van der Waals surface area contributed by atoms with Crippen LogP contribution >= 0.6 is 0 Å². The van der Waals surface area contributed by atoms with E-state index in [0.717, 1.165) is 10.1 Å². The fourth-order valence-corrected chi connectivity index (χ4v) is 2.19. The molecular formula is C14H12F3N5O2. The summed E-state index contributed by atoms with van der Waals surface area (Å²) in [5.41, 5.74) is 1.18. The van der Waals surface area contributed by atoms with Gasteiger partial charge < -0.3 is 9.47 Å². The van der Waals surface area contributed by atoms with Crippen molar-refractivity contribution in [3.05, 3.63) is 29.6 Å². The summed E-state index contributed by atoms with van der Waals surface area (Å²) in [7, 11) is 2.58. The van der Waals surface area contributed by atoms with Crippen LogP contribution in [0.2, 0.25) is 0 Å². The van der Waals surface area contributed by atoms with Crippen molar-refractivity contribution in [1.29, 1.82) is 0 Å². The Morgan fingerprint density at radius 3 is 2.12 bits per heavy atom. The molecular weight excluding hydrogens is 327 g/mol. The van der Waals surface area contributed by atoms with Crippen molar-refractivity contribution in [2.75, 3.05) is 14.2 Å². The second-order valence-corrected chi connectivity index (χ2v) is 4.87. The number of rotatable bonds is 3. The van der Waals surface area contributed by atoms with Crippen LogP contribution in [0.4, 0.5) is 13.2 Å². The quantitative estimate of drug-likeness (QED) is 0.730. The van der Waals surface area contributed by atoms with E-state index in [1.54, 1.807) is 19.1 Å². The summed E-state index contributed by atoms with van der Waals surface area (Å²) < 4.78 is 50.9. The van der Waals surface area contributed by atoms with Gasteiger partial charge in [0.25, 0.3) is 0 Å². The number of fused-ring (bicyclic) bond motifs is 1. The first kappa shape index (κ1) is 16.0. The van der Waals surface area contributed by atoms with Gasteiger partial charge in [-0.1, -0.05) is 6.07 Å². The molecule has 0 aliphatic heterocycles. The molecule has 0 aliphatic rings. The van der Waals surface area contributed by atoms with Gasteiger partial charge in [-0.15, -0.1) is 4.98 Å². The van der Waals surface area contributed by atoms with Crippen LogP contribution in [-0.4, -0.2) is 38.7 Å². The number of methoxy groups -OCH3 is 2. The third kappa shape index (κ3) is 2.70. The lowest BCUT2D eigenvalue weighted by molar-refractivity contribution is -0.145. The molecule has 3 rings (SSSR count). The minimum absolute atomic E-state index is 0.168. The number of nitrogens with zero attached hydrogens (tertiary/aromatic N) is 5. The predicted molar refractivity (Wildman–Crippen MR) is 77.3 cm³/mol. The molecule has 0 fully saturated rings. The summed E-state index contributed by atoms with van der Waals surface area (Å²) in [5, 5.41) is 0. The lowest BCUT2D eigenvalue weighted by Crippen LogP contribution is -2.16. The Kier molecular flexibility index (Phi) is 3.74. The van der Waals surface area contributed by atoms with Crippen molar-refractivity contribution >= 4 is 11.0 Å². The summed E-state index contributed by atoms with van der Waals surface area (Å²) in [4.78, 5) is 15.2. The smallest absolute Gasteiger partial charge is 0.450 e. The van der Waals surface area contributed by atoms with Gasteiger partial charge in [-0.05, 0) is 24.6 Å². The molecule has 0 aliphatic carbocycles. The Morgan fingerprint density at radius 1 is 0.958 bits per heavy atom. The SMILES string of the molecule is COc1nc(OC)nc(-n2c(C(F)(F)F)nc3cc(C)ccc32)n1. The molecule has 0 saturated heterocycles. The van der Waals surface area contributed by atoms with Crippen LogP contribution in [0, 0.1) is 6.92 Å². The Hall–Kier alpha value is -2.91. The molecule has 10 heteroatoms. The molecule has 3 aromatic rings. The van der Waals surface area contributed by atoms with Gasteiger partial charge in [-0.3, -0.25) is 4.57 Å². The maximum atomic E-state index is 13.4.